The topological polar surface area (TPSA) is 96.5 Å². The highest BCUT2D eigenvalue weighted by Gasteiger charge is 2.27. The lowest BCUT2D eigenvalue weighted by Crippen LogP contribution is -2.32. The molecule has 0 saturated carbocycles. The Morgan fingerprint density at radius 1 is 0.912 bits per heavy atom. The first kappa shape index (κ1) is 24.9. The molecule has 0 aliphatic carbocycles. The molecular weight excluding hydrogens is 457 g/mol. The van der Waals surface area contributed by atoms with Gasteiger partial charge in [0.25, 0.3) is 5.91 Å². The molecule has 2 amide bonds. The van der Waals surface area contributed by atoms with Crippen LogP contribution >= 0.6 is 0 Å². The fourth-order valence-corrected chi connectivity index (χ4v) is 3.69. The van der Waals surface area contributed by atoms with Crippen molar-refractivity contribution >= 4 is 39.9 Å². The minimum Gasteiger partial charge on any atom is -0.497 e. The van der Waals surface area contributed by atoms with Crippen LogP contribution in [0.2, 0.25) is 0 Å². The van der Waals surface area contributed by atoms with Gasteiger partial charge in [-0.05, 0) is 80.6 Å². The van der Waals surface area contributed by atoms with Crippen molar-refractivity contribution in [1.82, 2.24) is 0 Å². The predicted molar refractivity (Wildman–Crippen MR) is 132 cm³/mol. The van der Waals surface area contributed by atoms with Crippen LogP contribution in [-0.4, -0.2) is 29.8 Å². The lowest BCUT2D eigenvalue weighted by molar-refractivity contribution is -0.124. The molecule has 0 aromatic heterocycles. The second kappa shape index (κ2) is 10.9. The highest BCUT2D eigenvalue weighted by molar-refractivity contribution is 7.86. The molecule has 0 fully saturated rings. The summed E-state index contributed by atoms with van der Waals surface area (Å²) in [5.74, 6) is -0.0704. The summed E-state index contributed by atoms with van der Waals surface area (Å²) in [5, 5.41) is 5.45. The number of halogens is 1. The normalized spacial score (nSPS) is 11.9. The van der Waals surface area contributed by atoms with E-state index in [1.54, 1.807) is 79.9 Å². The van der Waals surface area contributed by atoms with Crippen LogP contribution in [0.4, 0.5) is 21.5 Å². The van der Waals surface area contributed by atoms with E-state index in [0.717, 1.165) is 0 Å². The Morgan fingerprint density at radius 2 is 1.56 bits per heavy atom. The molecule has 0 spiro atoms. The van der Waals surface area contributed by atoms with Crippen molar-refractivity contribution in [3.05, 3.63) is 78.4 Å². The largest absolute Gasteiger partial charge is 0.497 e. The molecule has 0 radical (unpaired) electrons. The molecule has 3 aromatic rings. The number of hydrogen-bond acceptors (Lipinski definition) is 4. The summed E-state index contributed by atoms with van der Waals surface area (Å²) in [6, 6.07) is 20.0. The van der Waals surface area contributed by atoms with E-state index < -0.39 is 29.0 Å². The fraction of sp³-hybridized carbons (Fsp3) is 0.200. The van der Waals surface area contributed by atoms with Gasteiger partial charge in [0.2, 0.25) is 5.91 Å². The maximum absolute atomic E-state index is 13.0. The summed E-state index contributed by atoms with van der Waals surface area (Å²) in [6.45, 7) is 2.28. The molecule has 34 heavy (non-hydrogen) atoms. The van der Waals surface area contributed by atoms with Crippen LogP contribution in [-0.2, 0) is 15.8 Å². The van der Waals surface area contributed by atoms with E-state index in [9.17, 15) is 18.2 Å². The van der Waals surface area contributed by atoms with Gasteiger partial charge in [-0.25, -0.2) is 8.60 Å². The molecule has 0 bridgehead atoms. The lowest BCUT2D eigenvalue weighted by Gasteiger charge is -2.19. The van der Waals surface area contributed by atoms with E-state index in [1.165, 1.54) is 13.8 Å². The van der Waals surface area contributed by atoms with Crippen LogP contribution in [0.1, 0.15) is 24.2 Å². The fourth-order valence-electron chi connectivity index (χ4n) is 2.78. The van der Waals surface area contributed by atoms with Gasteiger partial charge in [0, 0.05) is 22.6 Å². The van der Waals surface area contributed by atoms with E-state index in [-0.39, 0.29) is 5.91 Å². The van der Waals surface area contributed by atoms with E-state index >= 15 is 0 Å². The van der Waals surface area contributed by atoms with Gasteiger partial charge in [0.05, 0.1) is 17.4 Å². The minimum atomic E-state index is -1.60. The molecule has 9 heteroatoms. The maximum Gasteiger partial charge on any atom is 0.255 e. The average molecular weight is 484 g/mol. The first-order chi connectivity index (χ1) is 16.2. The van der Waals surface area contributed by atoms with Gasteiger partial charge in [0.15, 0.2) is 0 Å². The summed E-state index contributed by atoms with van der Waals surface area (Å²) in [6.07, 6.45) is 0. The van der Waals surface area contributed by atoms with Gasteiger partial charge < -0.3 is 20.1 Å². The van der Waals surface area contributed by atoms with Gasteiger partial charge in [0.1, 0.15) is 23.4 Å². The number of methoxy groups -OCH3 is 1. The number of rotatable bonds is 9. The number of carbonyl (C=O) groups is 2. The molecule has 0 heterocycles. The third kappa shape index (κ3) is 6.41. The molecule has 1 atom stereocenters. The Morgan fingerprint density at radius 3 is 2.18 bits per heavy atom. The number of alkyl halides is 1. The molecule has 0 saturated heterocycles. The number of benzene rings is 3. The predicted octanol–water partition coefficient (Wildman–Crippen LogP) is 5.02. The maximum atomic E-state index is 13.0. The average Bonchev–Trinajstić information content (AvgIpc) is 2.85. The van der Waals surface area contributed by atoms with Crippen molar-refractivity contribution in [3.63, 3.8) is 0 Å². The highest BCUT2D eigenvalue weighted by atomic mass is 32.2. The second-order valence-corrected chi connectivity index (χ2v) is 9.34. The van der Waals surface area contributed by atoms with Crippen LogP contribution in [0.3, 0.4) is 0 Å². The highest BCUT2D eigenvalue weighted by Crippen LogP contribution is 2.22. The molecule has 1 unspecified atom stereocenters. The first-order valence-corrected chi connectivity index (χ1v) is 11.6. The summed E-state index contributed by atoms with van der Waals surface area (Å²) in [4.78, 5) is 25.0. The molecule has 3 rings (SSSR count). The van der Waals surface area contributed by atoms with E-state index in [1.807, 2.05) is 0 Å². The zero-order chi connectivity index (χ0) is 24.7. The van der Waals surface area contributed by atoms with E-state index in [4.69, 9.17) is 4.74 Å². The zero-order valence-corrected chi connectivity index (χ0v) is 19.9. The van der Waals surface area contributed by atoms with Crippen molar-refractivity contribution in [1.29, 1.82) is 0 Å². The summed E-state index contributed by atoms with van der Waals surface area (Å²) in [5.41, 5.74) is 0.918. The molecule has 3 N–H and O–H groups in total. The van der Waals surface area contributed by atoms with Gasteiger partial charge in [-0.15, -0.1) is 0 Å². The van der Waals surface area contributed by atoms with Crippen LogP contribution in [0.25, 0.3) is 0 Å². The molecule has 3 aromatic carbocycles. The third-order valence-corrected chi connectivity index (χ3v) is 6.06. The van der Waals surface area contributed by atoms with Gasteiger partial charge >= 0.3 is 0 Å². The third-order valence-electron chi connectivity index (χ3n) is 4.96. The number of anilines is 3. The Hall–Kier alpha value is -3.72. The summed E-state index contributed by atoms with van der Waals surface area (Å²) >= 11 is 0. The SMILES string of the molecule is COc1ccc(C(=O)Nc2cccc(S(=O)Nc3ccc(NC(=O)C(C)(C)CF)cc3)c2)cc1. The molecular formula is C25H26FN3O4S. The number of amides is 2. The Kier molecular flexibility index (Phi) is 8.01. The van der Waals surface area contributed by atoms with Crippen molar-refractivity contribution in [3.8, 4) is 5.75 Å². The van der Waals surface area contributed by atoms with Gasteiger partial charge in [-0.1, -0.05) is 6.07 Å². The van der Waals surface area contributed by atoms with Gasteiger partial charge in [-0.2, -0.15) is 0 Å². The van der Waals surface area contributed by atoms with Crippen molar-refractivity contribution in [2.45, 2.75) is 18.7 Å². The summed E-state index contributed by atoms with van der Waals surface area (Å²) < 4.78 is 33.7. The number of carbonyl (C=O) groups excluding carboxylic acids is 2. The zero-order valence-electron chi connectivity index (χ0n) is 19.1. The Bertz CT molecular complexity index is 1180. The minimum absolute atomic E-state index is 0.299. The van der Waals surface area contributed by atoms with Gasteiger partial charge in [-0.3, -0.25) is 9.59 Å². The molecule has 7 nitrogen and oxygen atoms in total. The monoisotopic (exact) mass is 483 g/mol. The molecule has 0 aliphatic rings. The second-order valence-electron chi connectivity index (χ2n) is 8.13. The Labute approximate surface area is 200 Å². The van der Waals surface area contributed by atoms with Crippen LogP contribution in [0.5, 0.6) is 5.75 Å². The molecule has 0 aliphatic heterocycles. The number of nitrogens with one attached hydrogen (secondary N) is 3. The van der Waals surface area contributed by atoms with Crippen LogP contribution in [0, 0.1) is 5.41 Å². The van der Waals surface area contributed by atoms with Crippen LogP contribution < -0.4 is 20.1 Å². The molecule has 178 valence electrons. The number of ether oxygens (including phenoxy) is 1. The quantitative estimate of drug-likeness (QED) is 0.398. The number of hydrogen-bond donors (Lipinski definition) is 3. The van der Waals surface area contributed by atoms with Crippen molar-refractivity contribution in [2.24, 2.45) is 5.41 Å². The smallest absolute Gasteiger partial charge is 0.255 e. The Balaban J connectivity index is 1.62. The van der Waals surface area contributed by atoms with E-state index in [0.29, 0.717) is 33.3 Å². The van der Waals surface area contributed by atoms with E-state index in [2.05, 4.69) is 15.4 Å². The van der Waals surface area contributed by atoms with Crippen LogP contribution in [0.15, 0.2) is 77.7 Å². The summed E-state index contributed by atoms with van der Waals surface area (Å²) in [7, 11) is -0.0437. The van der Waals surface area contributed by atoms with Crippen molar-refractivity contribution < 1.29 is 22.9 Å². The van der Waals surface area contributed by atoms with Crippen molar-refractivity contribution in [2.75, 3.05) is 29.1 Å². The standard InChI is InChI=1S/C25H26FN3O4S/c1-25(2,16-26)24(31)28-18-9-11-19(12-10-18)29-34(32)22-6-4-5-20(15-22)27-23(30)17-7-13-21(33-3)14-8-17/h4-15,29H,16H2,1-3H3,(H,27,30)(H,28,31). The first-order valence-electron chi connectivity index (χ1n) is 10.4. The lowest BCUT2D eigenvalue weighted by atomic mass is 9.94.